The summed E-state index contributed by atoms with van der Waals surface area (Å²) >= 11 is 6.33. The molecule has 2 aliphatic heterocycles. The minimum absolute atomic E-state index is 0.389. The molecule has 2 N–H and O–H groups in total. The van der Waals surface area contributed by atoms with Crippen LogP contribution >= 0.6 is 11.6 Å². The fourth-order valence-electron chi connectivity index (χ4n) is 2.76. The maximum absolute atomic E-state index is 11.5. The number of benzene rings is 1. The van der Waals surface area contributed by atoms with Gasteiger partial charge in [-0.15, -0.1) is 0 Å². The zero-order valence-electron chi connectivity index (χ0n) is 11.6. The quantitative estimate of drug-likeness (QED) is 0.824. The van der Waals surface area contributed by atoms with Crippen molar-refractivity contribution in [1.29, 1.82) is 0 Å². The van der Waals surface area contributed by atoms with Gasteiger partial charge in [0.25, 0.3) is 5.91 Å². The molecule has 2 atom stereocenters. The number of piperazine rings is 1. The third kappa shape index (κ3) is 2.16. The Bertz CT molecular complexity index is 564. The van der Waals surface area contributed by atoms with Crippen molar-refractivity contribution >= 4 is 28.9 Å². The Balaban J connectivity index is 1.92. The number of anilines is 2. The van der Waals surface area contributed by atoms with Crippen LogP contribution in [0.25, 0.3) is 0 Å². The van der Waals surface area contributed by atoms with E-state index in [1.54, 1.807) is 6.07 Å². The van der Waals surface area contributed by atoms with Crippen LogP contribution in [-0.4, -0.2) is 48.6 Å². The molecule has 1 aromatic rings. The lowest BCUT2D eigenvalue weighted by molar-refractivity contribution is -0.123. The number of nitrogens with zero attached hydrogens (tertiary/aromatic N) is 2. The number of carbonyl (C=O) groups is 1. The van der Waals surface area contributed by atoms with Gasteiger partial charge in [0.05, 0.1) is 10.7 Å². The highest BCUT2D eigenvalue weighted by atomic mass is 35.5. The fourth-order valence-corrected chi connectivity index (χ4v) is 3.06. The standard InChI is InChI=1S/C14H18ClN3O2/c1-8-7-18(4-3-17(8)2)12-6-11-9(5-10(12)15)13(19)14(20)16-11/h5-6,8,13,19H,3-4,7H2,1-2H3,(H,16,20). The number of fused-ring (bicyclic) bond motifs is 1. The first-order chi connectivity index (χ1) is 9.47. The van der Waals surface area contributed by atoms with Crippen LogP contribution in [-0.2, 0) is 4.79 Å². The van der Waals surface area contributed by atoms with Crippen LogP contribution in [0.4, 0.5) is 11.4 Å². The molecular formula is C14H18ClN3O2. The zero-order chi connectivity index (χ0) is 14.4. The highest BCUT2D eigenvalue weighted by molar-refractivity contribution is 6.33. The molecule has 5 nitrogen and oxygen atoms in total. The molecule has 2 unspecified atom stereocenters. The average molecular weight is 296 g/mol. The average Bonchev–Trinajstić information content (AvgIpc) is 2.68. The lowest BCUT2D eigenvalue weighted by Gasteiger charge is -2.39. The fraction of sp³-hybridized carbons (Fsp3) is 0.500. The Morgan fingerprint density at radius 1 is 1.40 bits per heavy atom. The van der Waals surface area contributed by atoms with Crippen LogP contribution in [0.2, 0.25) is 5.02 Å². The monoisotopic (exact) mass is 295 g/mol. The lowest BCUT2D eigenvalue weighted by atomic mass is 10.1. The topological polar surface area (TPSA) is 55.8 Å². The van der Waals surface area contributed by atoms with E-state index < -0.39 is 6.10 Å². The van der Waals surface area contributed by atoms with Gasteiger partial charge in [0, 0.05) is 36.9 Å². The highest BCUT2D eigenvalue weighted by Crippen LogP contribution is 2.39. The molecule has 0 aromatic heterocycles. The van der Waals surface area contributed by atoms with Crippen molar-refractivity contribution in [2.75, 3.05) is 36.9 Å². The summed E-state index contributed by atoms with van der Waals surface area (Å²) in [6.45, 7) is 4.95. The van der Waals surface area contributed by atoms with Crippen molar-refractivity contribution in [3.8, 4) is 0 Å². The molecule has 2 heterocycles. The van der Waals surface area contributed by atoms with E-state index in [0.29, 0.717) is 22.3 Å². The van der Waals surface area contributed by atoms with Crippen LogP contribution in [0.3, 0.4) is 0 Å². The minimum Gasteiger partial charge on any atom is -0.378 e. The third-order valence-electron chi connectivity index (χ3n) is 4.22. The van der Waals surface area contributed by atoms with Crippen molar-refractivity contribution in [3.63, 3.8) is 0 Å². The van der Waals surface area contributed by atoms with Gasteiger partial charge in [0.2, 0.25) is 0 Å². The van der Waals surface area contributed by atoms with E-state index >= 15 is 0 Å². The second kappa shape index (κ2) is 4.91. The first-order valence-electron chi connectivity index (χ1n) is 6.75. The largest absolute Gasteiger partial charge is 0.378 e. The molecule has 20 heavy (non-hydrogen) atoms. The summed E-state index contributed by atoms with van der Waals surface area (Å²) in [5, 5.41) is 13.0. The van der Waals surface area contributed by atoms with Crippen molar-refractivity contribution in [2.24, 2.45) is 0 Å². The molecule has 6 heteroatoms. The summed E-state index contributed by atoms with van der Waals surface area (Å²) in [7, 11) is 2.11. The van der Waals surface area contributed by atoms with E-state index in [0.717, 1.165) is 25.3 Å². The van der Waals surface area contributed by atoms with Gasteiger partial charge < -0.3 is 20.2 Å². The Kier molecular flexibility index (Phi) is 3.36. The second-order valence-electron chi connectivity index (χ2n) is 5.56. The number of aliphatic hydroxyl groups excluding tert-OH is 1. The number of hydrogen-bond acceptors (Lipinski definition) is 4. The number of carbonyl (C=O) groups excluding carboxylic acids is 1. The number of aliphatic hydroxyl groups is 1. The predicted molar refractivity (Wildman–Crippen MR) is 79.3 cm³/mol. The van der Waals surface area contributed by atoms with Crippen molar-refractivity contribution in [1.82, 2.24) is 4.90 Å². The Morgan fingerprint density at radius 3 is 2.85 bits per heavy atom. The molecule has 1 amide bonds. The van der Waals surface area contributed by atoms with Crippen LogP contribution in [0.1, 0.15) is 18.6 Å². The van der Waals surface area contributed by atoms with Gasteiger partial charge >= 0.3 is 0 Å². The Morgan fingerprint density at radius 2 is 2.15 bits per heavy atom. The molecule has 1 fully saturated rings. The Hall–Kier alpha value is -1.30. The normalized spacial score (nSPS) is 26.6. The van der Waals surface area contributed by atoms with Crippen LogP contribution in [0.15, 0.2) is 12.1 Å². The summed E-state index contributed by atoms with van der Waals surface area (Å²) < 4.78 is 0. The SMILES string of the molecule is CC1CN(c2cc3c(cc2Cl)C(O)C(=O)N3)CCN1C. The number of likely N-dealkylation sites (N-methyl/N-ethyl adjacent to an activating group) is 1. The van der Waals surface area contributed by atoms with E-state index in [-0.39, 0.29) is 5.91 Å². The number of rotatable bonds is 1. The van der Waals surface area contributed by atoms with Crippen LogP contribution in [0, 0.1) is 0 Å². The van der Waals surface area contributed by atoms with E-state index in [1.807, 2.05) is 6.07 Å². The zero-order valence-corrected chi connectivity index (χ0v) is 12.3. The van der Waals surface area contributed by atoms with Gasteiger partial charge in [-0.3, -0.25) is 4.79 Å². The van der Waals surface area contributed by atoms with Crippen LogP contribution < -0.4 is 10.2 Å². The molecule has 108 valence electrons. The molecule has 0 saturated carbocycles. The maximum Gasteiger partial charge on any atom is 0.257 e. The smallest absolute Gasteiger partial charge is 0.257 e. The molecule has 2 aliphatic rings. The van der Waals surface area contributed by atoms with Crippen molar-refractivity contribution in [2.45, 2.75) is 19.1 Å². The van der Waals surface area contributed by atoms with Gasteiger partial charge in [-0.2, -0.15) is 0 Å². The van der Waals surface area contributed by atoms with Gasteiger partial charge in [0.15, 0.2) is 6.10 Å². The van der Waals surface area contributed by atoms with E-state index in [4.69, 9.17) is 11.6 Å². The maximum atomic E-state index is 11.5. The van der Waals surface area contributed by atoms with Gasteiger partial charge in [-0.25, -0.2) is 0 Å². The lowest BCUT2D eigenvalue weighted by Crippen LogP contribution is -2.50. The van der Waals surface area contributed by atoms with E-state index in [9.17, 15) is 9.90 Å². The molecule has 1 aromatic carbocycles. The molecule has 1 saturated heterocycles. The van der Waals surface area contributed by atoms with Crippen LogP contribution in [0.5, 0.6) is 0 Å². The number of hydrogen-bond donors (Lipinski definition) is 2. The summed E-state index contributed by atoms with van der Waals surface area (Å²) in [6, 6.07) is 4.01. The number of nitrogens with one attached hydrogen (secondary N) is 1. The summed E-state index contributed by atoms with van der Waals surface area (Å²) in [5.74, 6) is -0.389. The summed E-state index contributed by atoms with van der Waals surface area (Å²) in [5.41, 5.74) is 2.14. The van der Waals surface area contributed by atoms with E-state index in [1.165, 1.54) is 0 Å². The van der Waals surface area contributed by atoms with Gasteiger partial charge in [0.1, 0.15) is 0 Å². The number of halogens is 1. The molecule has 0 radical (unpaired) electrons. The first kappa shape index (κ1) is 13.7. The van der Waals surface area contributed by atoms with Crippen molar-refractivity contribution in [3.05, 3.63) is 22.7 Å². The molecule has 0 spiro atoms. The molecule has 3 rings (SSSR count). The molecule has 0 bridgehead atoms. The molecule has 0 aliphatic carbocycles. The van der Waals surface area contributed by atoms with E-state index in [2.05, 4.69) is 29.1 Å². The second-order valence-corrected chi connectivity index (χ2v) is 5.97. The summed E-state index contributed by atoms with van der Waals surface area (Å²) in [6.07, 6.45) is -1.11. The summed E-state index contributed by atoms with van der Waals surface area (Å²) in [4.78, 5) is 16.0. The Labute approximate surface area is 123 Å². The minimum atomic E-state index is -1.11. The first-order valence-corrected chi connectivity index (χ1v) is 7.12. The van der Waals surface area contributed by atoms with Gasteiger partial charge in [-0.05, 0) is 26.1 Å². The highest BCUT2D eigenvalue weighted by Gasteiger charge is 2.31. The van der Waals surface area contributed by atoms with Gasteiger partial charge in [-0.1, -0.05) is 11.6 Å². The number of amides is 1. The van der Waals surface area contributed by atoms with Crippen molar-refractivity contribution < 1.29 is 9.90 Å². The third-order valence-corrected chi connectivity index (χ3v) is 4.52. The predicted octanol–water partition coefficient (Wildman–Crippen LogP) is 1.47. The molecular weight excluding hydrogens is 278 g/mol.